The van der Waals surface area contributed by atoms with Crippen LogP contribution in [0, 0.1) is 5.82 Å². The van der Waals surface area contributed by atoms with E-state index in [0.29, 0.717) is 17.2 Å². The number of anilines is 1. The van der Waals surface area contributed by atoms with Gasteiger partial charge in [0.25, 0.3) is 0 Å². The molecule has 0 aliphatic rings. The summed E-state index contributed by atoms with van der Waals surface area (Å²) in [6.07, 6.45) is -0.713. The highest BCUT2D eigenvalue weighted by atomic mass is 19.1. The average Bonchev–Trinajstić information content (AvgIpc) is 2.53. The lowest BCUT2D eigenvalue weighted by Gasteiger charge is -2.16. The SMILES string of the molecule is COc1cccc(C(O)CNc2ccc(F)cc2OC)c1. The largest absolute Gasteiger partial charge is 0.497 e. The summed E-state index contributed by atoms with van der Waals surface area (Å²) in [4.78, 5) is 0. The van der Waals surface area contributed by atoms with Crippen molar-refractivity contribution in [2.45, 2.75) is 6.10 Å². The zero-order chi connectivity index (χ0) is 15.2. The van der Waals surface area contributed by atoms with Crippen LogP contribution in [0.4, 0.5) is 10.1 Å². The Morgan fingerprint density at radius 2 is 1.95 bits per heavy atom. The molecule has 5 heteroatoms. The van der Waals surface area contributed by atoms with Crippen LogP contribution >= 0.6 is 0 Å². The molecule has 0 spiro atoms. The average molecular weight is 291 g/mol. The number of rotatable bonds is 6. The molecule has 0 fully saturated rings. The summed E-state index contributed by atoms with van der Waals surface area (Å²) in [5.74, 6) is 0.712. The minimum atomic E-state index is -0.713. The first-order chi connectivity index (χ1) is 10.1. The third-order valence-electron chi connectivity index (χ3n) is 3.13. The number of aliphatic hydroxyl groups is 1. The van der Waals surface area contributed by atoms with Crippen molar-refractivity contribution in [2.24, 2.45) is 0 Å². The first kappa shape index (κ1) is 15.1. The molecule has 0 aliphatic carbocycles. The molecule has 4 nitrogen and oxygen atoms in total. The summed E-state index contributed by atoms with van der Waals surface area (Å²) < 4.78 is 23.3. The molecule has 2 N–H and O–H groups in total. The Hall–Kier alpha value is -2.27. The van der Waals surface area contributed by atoms with E-state index in [4.69, 9.17) is 9.47 Å². The number of benzene rings is 2. The first-order valence-corrected chi connectivity index (χ1v) is 6.53. The lowest BCUT2D eigenvalue weighted by atomic mass is 10.1. The van der Waals surface area contributed by atoms with E-state index >= 15 is 0 Å². The van der Waals surface area contributed by atoms with Crippen LogP contribution in [0.5, 0.6) is 11.5 Å². The molecule has 2 aromatic rings. The van der Waals surface area contributed by atoms with E-state index in [1.54, 1.807) is 19.2 Å². The summed E-state index contributed by atoms with van der Waals surface area (Å²) >= 11 is 0. The number of halogens is 1. The number of methoxy groups -OCH3 is 2. The van der Waals surface area contributed by atoms with E-state index in [0.717, 1.165) is 5.56 Å². The van der Waals surface area contributed by atoms with Crippen molar-refractivity contribution in [3.8, 4) is 11.5 Å². The number of ether oxygens (including phenoxy) is 2. The third kappa shape index (κ3) is 3.86. The summed E-state index contributed by atoms with van der Waals surface area (Å²) in [5.41, 5.74) is 1.36. The predicted molar refractivity (Wildman–Crippen MR) is 79.4 cm³/mol. The Morgan fingerprint density at radius 3 is 2.67 bits per heavy atom. The van der Waals surface area contributed by atoms with Crippen molar-refractivity contribution < 1.29 is 19.0 Å². The molecule has 0 aromatic heterocycles. The molecule has 0 radical (unpaired) electrons. The van der Waals surface area contributed by atoms with Crippen LogP contribution in [0.2, 0.25) is 0 Å². The molecule has 2 rings (SSSR count). The fourth-order valence-corrected chi connectivity index (χ4v) is 1.98. The standard InChI is InChI=1S/C16H18FNO3/c1-20-13-5-3-4-11(8-13)15(19)10-18-14-7-6-12(17)9-16(14)21-2/h3-9,15,18-19H,10H2,1-2H3. The van der Waals surface area contributed by atoms with Crippen LogP contribution in [0.15, 0.2) is 42.5 Å². The van der Waals surface area contributed by atoms with E-state index < -0.39 is 6.10 Å². The van der Waals surface area contributed by atoms with Crippen LogP contribution in [0.1, 0.15) is 11.7 Å². The maximum atomic E-state index is 13.1. The Labute approximate surface area is 123 Å². The van der Waals surface area contributed by atoms with Gasteiger partial charge in [0.15, 0.2) is 0 Å². The number of nitrogens with one attached hydrogen (secondary N) is 1. The van der Waals surface area contributed by atoms with Gasteiger partial charge in [-0.25, -0.2) is 4.39 Å². The third-order valence-corrected chi connectivity index (χ3v) is 3.13. The molecular formula is C16H18FNO3. The summed E-state index contributed by atoms with van der Waals surface area (Å²) in [6.45, 7) is 0.273. The second kappa shape index (κ2) is 6.95. The highest BCUT2D eigenvalue weighted by molar-refractivity contribution is 5.56. The molecular weight excluding hydrogens is 273 g/mol. The monoisotopic (exact) mass is 291 g/mol. The molecule has 0 aliphatic heterocycles. The van der Waals surface area contributed by atoms with Gasteiger partial charge in [0, 0.05) is 12.6 Å². The number of hydrogen-bond donors (Lipinski definition) is 2. The number of hydrogen-bond acceptors (Lipinski definition) is 4. The topological polar surface area (TPSA) is 50.7 Å². The van der Waals surface area contributed by atoms with Gasteiger partial charge in [0.1, 0.15) is 17.3 Å². The molecule has 21 heavy (non-hydrogen) atoms. The minimum Gasteiger partial charge on any atom is -0.497 e. The predicted octanol–water partition coefficient (Wildman–Crippen LogP) is 2.99. The second-order valence-electron chi connectivity index (χ2n) is 4.52. The maximum absolute atomic E-state index is 13.1. The summed E-state index contributed by atoms with van der Waals surface area (Å²) in [7, 11) is 3.05. The van der Waals surface area contributed by atoms with Crippen molar-refractivity contribution in [3.63, 3.8) is 0 Å². The van der Waals surface area contributed by atoms with E-state index in [2.05, 4.69) is 5.32 Å². The molecule has 1 unspecified atom stereocenters. The fraction of sp³-hybridized carbons (Fsp3) is 0.250. The van der Waals surface area contributed by atoms with Crippen molar-refractivity contribution in [3.05, 3.63) is 53.8 Å². The Kier molecular flexibility index (Phi) is 5.00. The van der Waals surface area contributed by atoms with E-state index in [9.17, 15) is 9.50 Å². The molecule has 2 aromatic carbocycles. The van der Waals surface area contributed by atoms with E-state index in [1.165, 1.54) is 19.2 Å². The van der Waals surface area contributed by atoms with Gasteiger partial charge in [-0.3, -0.25) is 0 Å². The van der Waals surface area contributed by atoms with Gasteiger partial charge in [-0.15, -0.1) is 0 Å². The summed E-state index contributed by atoms with van der Waals surface area (Å²) in [5, 5.41) is 13.2. The highest BCUT2D eigenvalue weighted by Gasteiger charge is 2.10. The molecule has 0 saturated heterocycles. The van der Waals surface area contributed by atoms with Crippen LogP contribution in [0.25, 0.3) is 0 Å². The van der Waals surface area contributed by atoms with Gasteiger partial charge in [-0.2, -0.15) is 0 Å². The van der Waals surface area contributed by atoms with Crippen LogP contribution < -0.4 is 14.8 Å². The van der Waals surface area contributed by atoms with Crippen LogP contribution in [-0.4, -0.2) is 25.9 Å². The van der Waals surface area contributed by atoms with Crippen molar-refractivity contribution in [2.75, 3.05) is 26.1 Å². The van der Waals surface area contributed by atoms with Crippen molar-refractivity contribution >= 4 is 5.69 Å². The molecule has 112 valence electrons. The maximum Gasteiger partial charge on any atom is 0.144 e. The normalized spacial score (nSPS) is 11.8. The highest BCUT2D eigenvalue weighted by Crippen LogP contribution is 2.26. The smallest absolute Gasteiger partial charge is 0.144 e. The van der Waals surface area contributed by atoms with Crippen molar-refractivity contribution in [1.29, 1.82) is 0 Å². The van der Waals surface area contributed by atoms with Gasteiger partial charge in [0.2, 0.25) is 0 Å². The Bertz CT molecular complexity index is 604. The second-order valence-corrected chi connectivity index (χ2v) is 4.52. The first-order valence-electron chi connectivity index (χ1n) is 6.53. The van der Waals surface area contributed by atoms with Crippen LogP contribution in [0.3, 0.4) is 0 Å². The Balaban J connectivity index is 2.05. The van der Waals surface area contributed by atoms with Gasteiger partial charge in [0.05, 0.1) is 26.0 Å². The lowest BCUT2D eigenvalue weighted by molar-refractivity contribution is 0.191. The summed E-state index contributed by atoms with van der Waals surface area (Å²) in [6, 6.07) is 11.4. The van der Waals surface area contributed by atoms with Gasteiger partial charge in [-0.05, 0) is 29.8 Å². The van der Waals surface area contributed by atoms with Gasteiger partial charge >= 0.3 is 0 Å². The zero-order valence-corrected chi connectivity index (χ0v) is 12.0. The number of aliphatic hydroxyl groups excluding tert-OH is 1. The molecule has 0 amide bonds. The van der Waals surface area contributed by atoms with Gasteiger partial charge < -0.3 is 19.9 Å². The molecule has 0 saturated carbocycles. The van der Waals surface area contributed by atoms with E-state index in [1.807, 2.05) is 18.2 Å². The van der Waals surface area contributed by atoms with Crippen molar-refractivity contribution in [1.82, 2.24) is 0 Å². The fourth-order valence-electron chi connectivity index (χ4n) is 1.98. The molecule has 0 heterocycles. The minimum absolute atomic E-state index is 0.273. The quantitative estimate of drug-likeness (QED) is 0.859. The molecule has 1 atom stereocenters. The zero-order valence-electron chi connectivity index (χ0n) is 12.0. The van der Waals surface area contributed by atoms with Gasteiger partial charge in [-0.1, -0.05) is 12.1 Å². The Morgan fingerprint density at radius 1 is 1.14 bits per heavy atom. The lowest BCUT2D eigenvalue weighted by Crippen LogP contribution is -2.12. The van der Waals surface area contributed by atoms with E-state index in [-0.39, 0.29) is 12.4 Å². The van der Waals surface area contributed by atoms with Crippen LogP contribution in [-0.2, 0) is 0 Å². The molecule has 0 bridgehead atoms.